The second kappa shape index (κ2) is 20.2. The zero-order chi connectivity index (χ0) is 57.4. The number of aromatic hydroxyl groups is 5. The second-order valence-corrected chi connectivity index (χ2v) is 32.3. The molecule has 0 radical (unpaired) electrons. The summed E-state index contributed by atoms with van der Waals surface area (Å²) < 4.78 is 0. The Morgan fingerprint density at radius 3 is 0.573 bits per heavy atom. The Labute approximate surface area is 456 Å². The van der Waals surface area contributed by atoms with Crippen LogP contribution in [-0.2, 0) is 27.1 Å². The standard InChI is InChI=1S/C70H102O5/c1-61(2,3)38-66(16,17)43-26-28-56(71)48(30-43)50-32-45(68(20,21)40-63(7,8)9)34-52(58(50)73)54-36-47(70(24,25)42-65(13,14)15)37-55(60(54)75)53-35-46(69(22,23)41-64(10,11)12)33-51(59(53)74)49-31-44(27-29-57(49)72)67(18,19)39-62(4,5)6/h26-37,71-75H,38-42H2,1-25H3. The van der Waals surface area contributed by atoms with E-state index in [9.17, 15) is 25.5 Å². The maximum absolute atomic E-state index is 13.4. The summed E-state index contributed by atoms with van der Waals surface area (Å²) in [6.07, 6.45) is 4.23. The first-order valence-electron chi connectivity index (χ1n) is 27.8. The van der Waals surface area contributed by atoms with E-state index < -0.39 is 16.2 Å². The van der Waals surface area contributed by atoms with Crippen LogP contribution in [0.1, 0.15) is 233 Å². The van der Waals surface area contributed by atoms with Gasteiger partial charge in [0.1, 0.15) is 28.7 Å². The highest BCUT2D eigenvalue weighted by Crippen LogP contribution is 2.55. The summed E-state index contributed by atoms with van der Waals surface area (Å²) in [6.45, 7) is 55.9. The SMILES string of the molecule is CC(C)(C)CC(C)(C)c1ccc(O)c(-c2cc(C(C)(C)CC(C)(C)C)cc(-c3cc(C(C)(C)CC(C)(C)C)cc(-c4cc(C(C)(C)CC(C)(C)C)cc(-c5cc(C(C)(C)CC(C)(C)C)ccc5O)c4O)c3O)c2O)c1. The lowest BCUT2D eigenvalue weighted by molar-refractivity contribution is 0.283. The van der Waals surface area contributed by atoms with E-state index in [1.165, 1.54) is 0 Å². The van der Waals surface area contributed by atoms with Crippen molar-refractivity contribution in [1.29, 1.82) is 0 Å². The average Bonchev–Trinajstić information content (AvgIpc) is 3.17. The number of hydrogen-bond donors (Lipinski definition) is 5. The van der Waals surface area contributed by atoms with Crippen LogP contribution >= 0.6 is 0 Å². The van der Waals surface area contributed by atoms with Crippen LogP contribution in [0.4, 0.5) is 0 Å². The minimum Gasteiger partial charge on any atom is -0.507 e. The molecule has 0 saturated heterocycles. The molecule has 0 aromatic heterocycles. The minimum atomic E-state index is -0.449. The van der Waals surface area contributed by atoms with Crippen molar-refractivity contribution in [3.63, 3.8) is 0 Å². The summed E-state index contributed by atoms with van der Waals surface area (Å²) in [7, 11) is 0. The lowest BCUT2D eigenvalue weighted by Gasteiger charge is -2.35. The van der Waals surface area contributed by atoms with Crippen molar-refractivity contribution in [2.24, 2.45) is 27.1 Å². The fraction of sp³-hybridized carbons (Fsp3) is 0.571. The monoisotopic (exact) mass is 1020 g/mol. The van der Waals surface area contributed by atoms with Crippen molar-refractivity contribution in [2.45, 2.75) is 232 Å². The van der Waals surface area contributed by atoms with Crippen LogP contribution < -0.4 is 0 Å². The van der Waals surface area contributed by atoms with Crippen molar-refractivity contribution < 1.29 is 25.5 Å². The molecule has 5 N–H and O–H groups in total. The van der Waals surface area contributed by atoms with Gasteiger partial charge in [-0.25, -0.2) is 0 Å². The second-order valence-electron chi connectivity index (χ2n) is 32.3. The van der Waals surface area contributed by atoms with E-state index in [1.807, 2.05) is 60.7 Å². The van der Waals surface area contributed by atoms with Crippen molar-refractivity contribution in [1.82, 2.24) is 0 Å². The first-order valence-corrected chi connectivity index (χ1v) is 27.8. The molecule has 0 fully saturated rings. The molecule has 0 aliphatic rings. The van der Waals surface area contributed by atoms with Crippen LogP contribution in [-0.4, -0.2) is 25.5 Å². The molecule has 0 aliphatic carbocycles. The highest BCUT2D eigenvalue weighted by molar-refractivity contribution is 5.94. The van der Waals surface area contributed by atoms with Crippen LogP contribution in [0, 0.1) is 27.1 Å². The van der Waals surface area contributed by atoms with Crippen LogP contribution in [0.5, 0.6) is 28.7 Å². The van der Waals surface area contributed by atoms with Gasteiger partial charge in [0.05, 0.1) is 0 Å². The minimum absolute atomic E-state index is 0.0409. The Morgan fingerprint density at radius 2 is 0.387 bits per heavy atom. The molecule has 5 aromatic carbocycles. The third-order valence-corrected chi connectivity index (χ3v) is 15.3. The molecule has 5 aromatic rings. The molecule has 0 bridgehead atoms. The van der Waals surface area contributed by atoms with E-state index in [2.05, 4.69) is 173 Å². The lowest BCUT2D eigenvalue weighted by atomic mass is 9.69. The molecule has 5 rings (SSSR count). The topological polar surface area (TPSA) is 101 Å². The summed E-state index contributed by atoms with van der Waals surface area (Å²) in [4.78, 5) is 0. The molecule has 0 unspecified atom stereocenters. The first kappa shape index (κ1) is 61.0. The van der Waals surface area contributed by atoms with E-state index in [0.717, 1.165) is 59.9 Å². The van der Waals surface area contributed by atoms with Gasteiger partial charge in [0, 0.05) is 44.5 Å². The Bertz CT molecular complexity index is 2700. The van der Waals surface area contributed by atoms with Gasteiger partial charge in [0.25, 0.3) is 0 Å². The molecule has 412 valence electrons. The smallest absolute Gasteiger partial charge is 0.131 e. The Balaban J connectivity index is 2.02. The lowest BCUT2D eigenvalue weighted by Crippen LogP contribution is -2.25. The van der Waals surface area contributed by atoms with Gasteiger partial charge >= 0.3 is 0 Å². The van der Waals surface area contributed by atoms with E-state index >= 15 is 0 Å². The van der Waals surface area contributed by atoms with E-state index in [-0.39, 0.29) is 66.7 Å². The van der Waals surface area contributed by atoms with Crippen molar-refractivity contribution in [2.75, 3.05) is 0 Å². The fourth-order valence-electron chi connectivity index (χ4n) is 13.8. The highest BCUT2D eigenvalue weighted by atomic mass is 16.3. The molecule has 0 atom stereocenters. The zero-order valence-corrected chi connectivity index (χ0v) is 51.7. The van der Waals surface area contributed by atoms with E-state index in [4.69, 9.17) is 0 Å². The van der Waals surface area contributed by atoms with Gasteiger partial charge in [0.2, 0.25) is 0 Å². The number of phenolic OH excluding ortho intramolecular Hbond substituents is 5. The van der Waals surface area contributed by atoms with Crippen molar-refractivity contribution >= 4 is 0 Å². The van der Waals surface area contributed by atoms with E-state index in [0.29, 0.717) is 44.5 Å². The predicted molar refractivity (Wildman–Crippen MR) is 322 cm³/mol. The van der Waals surface area contributed by atoms with E-state index in [1.54, 1.807) is 12.1 Å². The summed E-state index contributed by atoms with van der Waals surface area (Å²) in [5.74, 6) is -0.0731. The van der Waals surface area contributed by atoms with Gasteiger partial charge in [-0.1, -0.05) is 185 Å². The van der Waals surface area contributed by atoms with Crippen LogP contribution in [0.15, 0.2) is 72.8 Å². The molecular weight excluding hydrogens is 921 g/mol. The first-order chi connectivity index (χ1) is 33.5. The van der Waals surface area contributed by atoms with Crippen LogP contribution in [0.25, 0.3) is 44.5 Å². The summed E-state index contributed by atoms with van der Waals surface area (Å²) in [5, 5.41) is 63.3. The molecule has 5 nitrogen and oxygen atoms in total. The normalized spacial score (nSPS) is 13.9. The summed E-state index contributed by atoms with van der Waals surface area (Å²) in [5.41, 5.74) is 6.82. The van der Waals surface area contributed by atoms with Crippen LogP contribution in [0.2, 0.25) is 0 Å². The number of rotatable bonds is 14. The summed E-state index contributed by atoms with van der Waals surface area (Å²) >= 11 is 0. The van der Waals surface area contributed by atoms with Gasteiger partial charge in [0.15, 0.2) is 0 Å². The summed E-state index contributed by atoms with van der Waals surface area (Å²) in [6, 6.07) is 23.8. The molecule has 0 saturated carbocycles. The average molecular weight is 1020 g/mol. The number of phenols is 5. The Kier molecular flexibility index (Phi) is 16.4. The molecule has 0 aliphatic heterocycles. The van der Waals surface area contributed by atoms with Gasteiger partial charge in [-0.3, -0.25) is 0 Å². The molecule has 0 amide bonds. The van der Waals surface area contributed by atoms with Crippen molar-refractivity contribution in [3.8, 4) is 73.3 Å². The maximum atomic E-state index is 13.4. The third-order valence-electron chi connectivity index (χ3n) is 15.3. The molecular formula is C70H102O5. The molecule has 0 heterocycles. The Morgan fingerprint density at radius 1 is 0.227 bits per heavy atom. The third kappa shape index (κ3) is 14.8. The fourth-order valence-corrected chi connectivity index (χ4v) is 13.8. The van der Waals surface area contributed by atoms with Gasteiger partial charge in [-0.15, -0.1) is 0 Å². The highest BCUT2D eigenvalue weighted by Gasteiger charge is 2.37. The number of benzene rings is 5. The number of hydrogen-bond acceptors (Lipinski definition) is 5. The van der Waals surface area contributed by atoms with Gasteiger partial charge in [-0.05, 0) is 175 Å². The van der Waals surface area contributed by atoms with Crippen molar-refractivity contribution in [3.05, 3.63) is 101 Å². The largest absolute Gasteiger partial charge is 0.507 e. The predicted octanol–water partition coefficient (Wildman–Crippen LogP) is 20.5. The van der Waals surface area contributed by atoms with Gasteiger partial charge < -0.3 is 25.5 Å². The Hall–Kier alpha value is -4.90. The zero-order valence-electron chi connectivity index (χ0n) is 51.7. The van der Waals surface area contributed by atoms with Crippen LogP contribution in [0.3, 0.4) is 0 Å². The van der Waals surface area contributed by atoms with Gasteiger partial charge in [-0.2, -0.15) is 0 Å². The molecule has 5 heteroatoms. The quantitative estimate of drug-likeness (QED) is 0.0763. The molecule has 0 spiro atoms. The molecule has 75 heavy (non-hydrogen) atoms. The maximum Gasteiger partial charge on any atom is 0.131 e.